The van der Waals surface area contributed by atoms with Gasteiger partial charge in [0.2, 0.25) is 0 Å². The van der Waals surface area contributed by atoms with Crippen molar-refractivity contribution >= 4 is 11.0 Å². The van der Waals surface area contributed by atoms with Gasteiger partial charge >= 0.3 is 0 Å². The zero-order valence-corrected chi connectivity index (χ0v) is 9.80. The van der Waals surface area contributed by atoms with Gasteiger partial charge in [-0.3, -0.25) is 0 Å². The molecule has 1 aromatic carbocycles. The van der Waals surface area contributed by atoms with Crippen LogP contribution in [0, 0.1) is 13.8 Å². The quantitative estimate of drug-likeness (QED) is 0.767. The molecule has 0 bridgehead atoms. The number of H-pyrrole nitrogens is 1. The number of aryl methyl sites for hydroxylation is 2. The minimum atomic E-state index is 0.424. The summed E-state index contributed by atoms with van der Waals surface area (Å²) in [7, 11) is 0. The van der Waals surface area contributed by atoms with E-state index in [2.05, 4.69) is 41.3 Å². The van der Waals surface area contributed by atoms with Gasteiger partial charge < -0.3 is 10.3 Å². The van der Waals surface area contributed by atoms with Crippen molar-refractivity contribution in [3.63, 3.8) is 0 Å². The summed E-state index contributed by atoms with van der Waals surface area (Å²) in [4.78, 5) is 8.11. The molecule has 0 radical (unpaired) electrons. The molecule has 3 heteroatoms. The van der Waals surface area contributed by atoms with Crippen LogP contribution < -0.4 is 5.32 Å². The van der Waals surface area contributed by atoms with E-state index in [0.717, 1.165) is 23.4 Å². The molecule has 84 valence electrons. The average Bonchev–Trinajstić information content (AvgIpc) is 2.86. The van der Waals surface area contributed by atoms with Gasteiger partial charge in [-0.2, -0.15) is 0 Å². The minimum Gasteiger partial charge on any atom is -0.341 e. The van der Waals surface area contributed by atoms with E-state index in [1.54, 1.807) is 0 Å². The standard InChI is InChI=1S/C13H17N3/c1-8-6-11-12(7-9(8)2)16-13(15-11)10-4-3-5-14-10/h6-7,10,14H,3-5H2,1-2H3,(H,15,16)/t10-/m0/s1. The molecule has 0 amide bonds. The highest BCUT2D eigenvalue weighted by Crippen LogP contribution is 2.24. The SMILES string of the molecule is Cc1cc2nc([C@@H]3CCCN3)[nH]c2cc1C. The molecule has 1 aliphatic heterocycles. The second kappa shape index (κ2) is 3.59. The number of hydrogen-bond donors (Lipinski definition) is 2. The Morgan fingerprint density at radius 1 is 1.25 bits per heavy atom. The van der Waals surface area contributed by atoms with Crippen molar-refractivity contribution in [1.82, 2.24) is 15.3 Å². The molecule has 2 N–H and O–H groups in total. The van der Waals surface area contributed by atoms with Gasteiger partial charge in [0.05, 0.1) is 17.1 Å². The zero-order chi connectivity index (χ0) is 11.1. The second-order valence-corrected chi connectivity index (χ2v) is 4.72. The van der Waals surface area contributed by atoms with Gasteiger partial charge in [-0.1, -0.05) is 0 Å². The summed E-state index contributed by atoms with van der Waals surface area (Å²) in [6, 6.07) is 4.78. The van der Waals surface area contributed by atoms with Gasteiger partial charge in [0.1, 0.15) is 5.82 Å². The van der Waals surface area contributed by atoms with E-state index in [1.807, 2.05) is 0 Å². The fourth-order valence-electron chi connectivity index (χ4n) is 2.37. The highest BCUT2D eigenvalue weighted by Gasteiger charge is 2.19. The molecule has 16 heavy (non-hydrogen) atoms. The van der Waals surface area contributed by atoms with Crippen molar-refractivity contribution < 1.29 is 0 Å². The molecule has 1 aromatic heterocycles. The lowest BCUT2D eigenvalue weighted by Crippen LogP contribution is -2.13. The Balaban J connectivity index is 2.08. The first-order valence-electron chi connectivity index (χ1n) is 5.94. The van der Waals surface area contributed by atoms with E-state index in [0.29, 0.717) is 6.04 Å². The van der Waals surface area contributed by atoms with E-state index >= 15 is 0 Å². The predicted octanol–water partition coefficient (Wildman–Crippen LogP) is 2.60. The predicted molar refractivity (Wildman–Crippen MR) is 65.5 cm³/mol. The molecule has 0 saturated carbocycles. The van der Waals surface area contributed by atoms with Crippen molar-refractivity contribution in [1.29, 1.82) is 0 Å². The monoisotopic (exact) mass is 215 g/mol. The van der Waals surface area contributed by atoms with Crippen LogP contribution in [0.2, 0.25) is 0 Å². The minimum absolute atomic E-state index is 0.424. The van der Waals surface area contributed by atoms with Crippen LogP contribution in [0.1, 0.15) is 35.8 Å². The van der Waals surface area contributed by atoms with E-state index in [9.17, 15) is 0 Å². The first kappa shape index (κ1) is 9.85. The molecule has 1 aliphatic rings. The Labute approximate surface area is 95.3 Å². The summed E-state index contributed by atoms with van der Waals surface area (Å²) in [6.45, 7) is 5.39. The smallest absolute Gasteiger partial charge is 0.124 e. The first-order valence-corrected chi connectivity index (χ1v) is 5.94. The molecule has 2 aromatic rings. The number of imidazole rings is 1. The van der Waals surface area contributed by atoms with Crippen LogP contribution in [0.3, 0.4) is 0 Å². The Morgan fingerprint density at radius 3 is 2.81 bits per heavy atom. The van der Waals surface area contributed by atoms with Crippen molar-refractivity contribution in [2.75, 3.05) is 6.54 Å². The van der Waals surface area contributed by atoms with Crippen LogP contribution in [0.5, 0.6) is 0 Å². The van der Waals surface area contributed by atoms with Crippen LogP contribution >= 0.6 is 0 Å². The molecule has 1 atom stereocenters. The lowest BCUT2D eigenvalue weighted by atomic mass is 10.1. The molecule has 0 spiro atoms. The van der Waals surface area contributed by atoms with E-state index in [4.69, 9.17) is 0 Å². The topological polar surface area (TPSA) is 40.7 Å². The first-order chi connectivity index (χ1) is 7.74. The number of nitrogens with one attached hydrogen (secondary N) is 2. The van der Waals surface area contributed by atoms with E-state index < -0.39 is 0 Å². The zero-order valence-electron chi connectivity index (χ0n) is 9.80. The summed E-state index contributed by atoms with van der Waals surface area (Å²) in [6.07, 6.45) is 2.44. The number of nitrogens with zero attached hydrogens (tertiary/aromatic N) is 1. The third kappa shape index (κ3) is 1.52. The van der Waals surface area contributed by atoms with Crippen molar-refractivity contribution in [3.8, 4) is 0 Å². The number of rotatable bonds is 1. The van der Waals surface area contributed by atoms with Crippen LogP contribution in [0.15, 0.2) is 12.1 Å². The summed E-state index contributed by atoms with van der Waals surface area (Å²) >= 11 is 0. The molecule has 0 aliphatic carbocycles. The van der Waals surface area contributed by atoms with Gasteiger partial charge in [-0.15, -0.1) is 0 Å². The number of hydrogen-bond acceptors (Lipinski definition) is 2. The third-order valence-corrected chi connectivity index (χ3v) is 3.51. The van der Waals surface area contributed by atoms with Crippen molar-refractivity contribution in [2.45, 2.75) is 32.7 Å². The molecule has 0 unspecified atom stereocenters. The maximum Gasteiger partial charge on any atom is 0.124 e. The largest absolute Gasteiger partial charge is 0.341 e. The summed E-state index contributed by atoms with van der Waals surface area (Å²) in [5, 5.41) is 3.47. The molecular formula is C13H17N3. The van der Waals surface area contributed by atoms with Crippen LogP contribution in [-0.2, 0) is 0 Å². The summed E-state index contributed by atoms with van der Waals surface area (Å²) in [5.41, 5.74) is 4.88. The average molecular weight is 215 g/mol. The van der Waals surface area contributed by atoms with Crippen LogP contribution in [0.4, 0.5) is 0 Å². The van der Waals surface area contributed by atoms with E-state index in [-0.39, 0.29) is 0 Å². The number of aromatic nitrogens is 2. The van der Waals surface area contributed by atoms with Gasteiger partial charge in [0, 0.05) is 0 Å². The Morgan fingerprint density at radius 2 is 2.06 bits per heavy atom. The lowest BCUT2D eigenvalue weighted by molar-refractivity contribution is 0.614. The van der Waals surface area contributed by atoms with Crippen molar-refractivity contribution in [2.24, 2.45) is 0 Å². The molecule has 3 nitrogen and oxygen atoms in total. The van der Waals surface area contributed by atoms with Crippen molar-refractivity contribution in [3.05, 3.63) is 29.1 Å². The summed E-state index contributed by atoms with van der Waals surface area (Å²) < 4.78 is 0. The van der Waals surface area contributed by atoms with Gasteiger partial charge in [-0.25, -0.2) is 4.98 Å². The van der Waals surface area contributed by atoms with Gasteiger partial charge in [-0.05, 0) is 56.5 Å². The lowest BCUT2D eigenvalue weighted by Gasteiger charge is -2.04. The normalized spacial score (nSPS) is 20.8. The Bertz CT molecular complexity index is 482. The molecule has 1 fully saturated rings. The van der Waals surface area contributed by atoms with Crippen LogP contribution in [-0.4, -0.2) is 16.5 Å². The molecule has 2 heterocycles. The fourth-order valence-corrected chi connectivity index (χ4v) is 2.37. The highest BCUT2D eigenvalue weighted by molar-refractivity contribution is 5.77. The van der Waals surface area contributed by atoms with Gasteiger partial charge in [0.15, 0.2) is 0 Å². The number of aromatic amines is 1. The Kier molecular flexibility index (Phi) is 2.21. The van der Waals surface area contributed by atoms with Crippen LogP contribution in [0.25, 0.3) is 11.0 Å². The fraction of sp³-hybridized carbons (Fsp3) is 0.462. The number of benzene rings is 1. The highest BCUT2D eigenvalue weighted by atomic mass is 15.0. The molecule has 1 saturated heterocycles. The third-order valence-electron chi connectivity index (χ3n) is 3.51. The molecule has 3 rings (SSSR count). The van der Waals surface area contributed by atoms with E-state index in [1.165, 1.54) is 24.0 Å². The maximum atomic E-state index is 4.68. The molecular weight excluding hydrogens is 198 g/mol. The number of fused-ring (bicyclic) bond motifs is 1. The Hall–Kier alpha value is -1.35. The summed E-state index contributed by atoms with van der Waals surface area (Å²) in [5.74, 6) is 1.09. The second-order valence-electron chi connectivity index (χ2n) is 4.72. The maximum absolute atomic E-state index is 4.68. The van der Waals surface area contributed by atoms with Gasteiger partial charge in [0.25, 0.3) is 0 Å².